The highest BCUT2D eigenvalue weighted by Crippen LogP contribution is 2.55. The maximum atomic E-state index is 5.36. The highest BCUT2D eigenvalue weighted by atomic mass is 32.1. The fourth-order valence-corrected chi connectivity index (χ4v) is 9.41. The maximum Gasteiger partial charge on any atom is 0.0788 e. The molecule has 3 heterocycles. The molecule has 0 unspecified atom stereocenters. The first-order valence-electron chi connectivity index (χ1n) is 16.9. The van der Waals surface area contributed by atoms with Gasteiger partial charge in [-0.3, -0.25) is 0 Å². The average Bonchev–Trinajstić information content (AvgIpc) is 3.55. The number of hydrogen-bond donors (Lipinski definition) is 0. The first-order valence-corrected chi connectivity index (χ1v) is 17.7. The van der Waals surface area contributed by atoms with Gasteiger partial charge in [0.2, 0.25) is 0 Å². The van der Waals surface area contributed by atoms with E-state index in [0.717, 1.165) is 16.8 Å². The van der Waals surface area contributed by atoms with Gasteiger partial charge >= 0.3 is 0 Å². The van der Waals surface area contributed by atoms with E-state index in [9.17, 15) is 0 Å². The Morgan fingerprint density at radius 3 is 1.86 bits per heavy atom. The molecule has 0 saturated heterocycles. The van der Waals surface area contributed by atoms with Crippen LogP contribution in [-0.4, -0.2) is 4.98 Å². The molecule has 2 nitrogen and oxygen atoms in total. The first kappa shape index (κ1) is 28.3. The first-order chi connectivity index (χ1) is 24.1. The lowest BCUT2D eigenvalue weighted by Gasteiger charge is -2.42. The molecule has 0 spiro atoms. The Kier molecular flexibility index (Phi) is 6.12. The second kappa shape index (κ2) is 10.6. The number of rotatable bonds is 3. The quantitative estimate of drug-likeness (QED) is 0.178. The molecule has 2 aromatic heterocycles. The van der Waals surface area contributed by atoms with Crippen molar-refractivity contribution in [3.63, 3.8) is 0 Å². The van der Waals surface area contributed by atoms with Gasteiger partial charge in [0.25, 0.3) is 0 Å². The highest BCUT2D eigenvalue weighted by molar-refractivity contribution is 7.26. The van der Waals surface area contributed by atoms with E-state index in [4.69, 9.17) is 4.98 Å². The molecule has 0 amide bonds. The molecule has 9 aromatic rings. The molecule has 1 aliphatic rings. The van der Waals surface area contributed by atoms with Crippen LogP contribution in [0.3, 0.4) is 0 Å². The summed E-state index contributed by atoms with van der Waals surface area (Å²) in [5.41, 5.74) is 11.7. The van der Waals surface area contributed by atoms with Gasteiger partial charge in [0.1, 0.15) is 0 Å². The van der Waals surface area contributed by atoms with Gasteiger partial charge in [-0.25, -0.2) is 4.98 Å². The van der Waals surface area contributed by atoms with Crippen LogP contribution >= 0.6 is 11.3 Å². The fourth-order valence-electron chi connectivity index (χ4n) is 8.17. The van der Waals surface area contributed by atoms with Crippen molar-refractivity contribution in [2.75, 3.05) is 4.90 Å². The Bertz CT molecular complexity index is 2710. The van der Waals surface area contributed by atoms with E-state index < -0.39 is 0 Å². The molecule has 0 aliphatic carbocycles. The SMILES string of the molecule is CC1(C)c2ccccc2N(c2ccccc2-c2cc3c(-c4ccccc4)nc4ccccc4c3c3c2sc2ccccc23)c2ccccc21. The van der Waals surface area contributed by atoms with Gasteiger partial charge in [-0.05, 0) is 47.5 Å². The molecular weight excluding hydrogens is 613 g/mol. The van der Waals surface area contributed by atoms with Crippen LogP contribution in [0.2, 0.25) is 0 Å². The third kappa shape index (κ3) is 4.09. The van der Waals surface area contributed by atoms with Gasteiger partial charge in [-0.15, -0.1) is 11.3 Å². The molecule has 3 heteroatoms. The van der Waals surface area contributed by atoms with Gasteiger partial charge in [-0.2, -0.15) is 0 Å². The summed E-state index contributed by atoms with van der Waals surface area (Å²) in [5.74, 6) is 0. The second-order valence-corrected chi connectivity index (χ2v) is 14.6. The average molecular weight is 645 g/mol. The summed E-state index contributed by atoms with van der Waals surface area (Å²) >= 11 is 1.90. The number of anilines is 3. The Morgan fingerprint density at radius 1 is 0.510 bits per heavy atom. The van der Waals surface area contributed by atoms with Crippen molar-refractivity contribution in [2.45, 2.75) is 19.3 Å². The number of aromatic nitrogens is 1. The monoisotopic (exact) mass is 644 g/mol. The molecule has 7 aromatic carbocycles. The third-order valence-electron chi connectivity index (χ3n) is 10.4. The van der Waals surface area contributed by atoms with Crippen LogP contribution in [0.4, 0.5) is 17.1 Å². The molecule has 49 heavy (non-hydrogen) atoms. The largest absolute Gasteiger partial charge is 0.309 e. The van der Waals surface area contributed by atoms with Crippen molar-refractivity contribution < 1.29 is 0 Å². The van der Waals surface area contributed by atoms with Gasteiger partial charge in [-0.1, -0.05) is 135 Å². The number of pyridine rings is 1. The lowest BCUT2D eigenvalue weighted by atomic mass is 9.73. The zero-order chi connectivity index (χ0) is 32.7. The second-order valence-electron chi connectivity index (χ2n) is 13.5. The number of hydrogen-bond acceptors (Lipinski definition) is 3. The summed E-state index contributed by atoms with van der Waals surface area (Å²) in [5, 5.41) is 6.23. The topological polar surface area (TPSA) is 16.1 Å². The van der Waals surface area contributed by atoms with Crippen LogP contribution in [0.25, 0.3) is 64.2 Å². The van der Waals surface area contributed by atoms with Crippen LogP contribution in [0.15, 0.2) is 158 Å². The van der Waals surface area contributed by atoms with Gasteiger partial charge in [0.05, 0.1) is 28.3 Å². The fraction of sp³-hybridized carbons (Fsp3) is 0.0652. The van der Waals surface area contributed by atoms with E-state index in [1.165, 1.54) is 75.6 Å². The van der Waals surface area contributed by atoms with Gasteiger partial charge in [0.15, 0.2) is 0 Å². The van der Waals surface area contributed by atoms with Crippen LogP contribution in [0.1, 0.15) is 25.0 Å². The molecule has 0 atom stereocenters. The van der Waals surface area contributed by atoms with Crippen molar-refractivity contribution in [3.05, 3.63) is 169 Å². The predicted octanol–water partition coefficient (Wildman–Crippen LogP) is 13.2. The minimum absolute atomic E-state index is 0.127. The lowest BCUT2D eigenvalue weighted by molar-refractivity contribution is 0.632. The summed E-state index contributed by atoms with van der Waals surface area (Å²) in [6, 6.07) is 57.4. The molecule has 0 N–H and O–H groups in total. The highest BCUT2D eigenvalue weighted by Gasteiger charge is 2.37. The molecule has 0 fully saturated rings. The van der Waals surface area contributed by atoms with Crippen molar-refractivity contribution in [1.29, 1.82) is 0 Å². The molecule has 0 saturated carbocycles. The van der Waals surface area contributed by atoms with Crippen molar-refractivity contribution in [2.24, 2.45) is 0 Å². The number of fused-ring (bicyclic) bond motifs is 9. The Labute approximate surface area is 289 Å². The normalized spacial score (nSPS) is 13.6. The molecular formula is C46H32N2S. The summed E-state index contributed by atoms with van der Waals surface area (Å²) in [4.78, 5) is 7.85. The Hall–Kier alpha value is -5.77. The van der Waals surface area contributed by atoms with Crippen LogP contribution < -0.4 is 4.90 Å². The number of para-hydroxylation sites is 4. The molecule has 1 aliphatic heterocycles. The molecule has 10 rings (SSSR count). The van der Waals surface area contributed by atoms with Gasteiger partial charge in [0, 0.05) is 58.4 Å². The minimum atomic E-state index is -0.127. The van der Waals surface area contributed by atoms with Crippen molar-refractivity contribution in [3.8, 4) is 22.4 Å². The van der Waals surface area contributed by atoms with Gasteiger partial charge < -0.3 is 4.90 Å². The zero-order valence-corrected chi connectivity index (χ0v) is 28.1. The Balaban J connectivity index is 1.36. The number of nitrogens with zero attached hydrogens (tertiary/aromatic N) is 2. The van der Waals surface area contributed by atoms with E-state index in [1.807, 2.05) is 11.3 Å². The van der Waals surface area contributed by atoms with E-state index in [2.05, 4.69) is 176 Å². The van der Waals surface area contributed by atoms with Crippen LogP contribution in [-0.2, 0) is 5.41 Å². The number of benzene rings is 7. The van der Waals surface area contributed by atoms with Crippen molar-refractivity contribution >= 4 is 70.2 Å². The minimum Gasteiger partial charge on any atom is -0.309 e. The Morgan fingerprint density at radius 2 is 1.10 bits per heavy atom. The third-order valence-corrected chi connectivity index (χ3v) is 11.6. The molecule has 232 valence electrons. The summed E-state index contributed by atoms with van der Waals surface area (Å²) in [6.45, 7) is 4.70. The van der Waals surface area contributed by atoms with Crippen molar-refractivity contribution in [1.82, 2.24) is 4.98 Å². The lowest BCUT2D eigenvalue weighted by Crippen LogP contribution is -2.30. The van der Waals surface area contributed by atoms with E-state index in [0.29, 0.717) is 0 Å². The maximum absolute atomic E-state index is 5.36. The van der Waals surface area contributed by atoms with Crippen LogP contribution in [0, 0.1) is 0 Å². The van der Waals surface area contributed by atoms with E-state index in [-0.39, 0.29) is 5.41 Å². The summed E-state index contributed by atoms with van der Waals surface area (Å²) in [7, 11) is 0. The molecule has 0 bridgehead atoms. The van der Waals surface area contributed by atoms with E-state index in [1.54, 1.807) is 0 Å². The molecule has 0 radical (unpaired) electrons. The van der Waals surface area contributed by atoms with E-state index >= 15 is 0 Å². The standard InChI is InChI=1S/C46H32N2S/c1-46(2)35-21-9-13-25-39(35)48(40-26-14-10-22-36(40)46)38-24-12-7-18-30(38)33-28-34-42(43-32-20-8-15-27-41(32)49-45(33)43)31-19-6-11-23-37(31)47-44(34)29-16-4-3-5-17-29/h3-28H,1-2H3. The summed E-state index contributed by atoms with van der Waals surface area (Å²) in [6.07, 6.45) is 0. The number of thiophene rings is 1. The van der Waals surface area contributed by atoms with Crippen LogP contribution in [0.5, 0.6) is 0 Å². The zero-order valence-electron chi connectivity index (χ0n) is 27.3. The summed E-state index contributed by atoms with van der Waals surface area (Å²) < 4.78 is 2.59. The smallest absolute Gasteiger partial charge is 0.0788 e. The predicted molar refractivity (Wildman–Crippen MR) is 210 cm³/mol.